The predicted molar refractivity (Wildman–Crippen MR) is 126 cm³/mol. The molecule has 1 amide bonds. The summed E-state index contributed by atoms with van der Waals surface area (Å²) in [6, 6.07) is 15.2. The molecular formula is C26H36FN3O. The minimum Gasteiger partial charge on any atom is -0.364 e. The number of anilines is 1. The number of halogens is 1. The van der Waals surface area contributed by atoms with E-state index < -0.39 is 0 Å². The van der Waals surface area contributed by atoms with E-state index in [9.17, 15) is 9.18 Å². The molecule has 5 heteroatoms. The van der Waals surface area contributed by atoms with Crippen molar-refractivity contribution in [2.24, 2.45) is 0 Å². The summed E-state index contributed by atoms with van der Waals surface area (Å²) in [5.74, 6) is -0.128. The number of benzene rings is 2. The standard InChI is InChI=1S/C26H36FN3O/c1-4-16-28-17-14-25(15-18-28)30(20-21-8-7-9-23(27)19-21)24-12-10-22(11-13-24)26(31)29(5-2)6-3/h7-13,19,25H,4-6,14-18,20H2,1-3H3. The molecule has 0 aromatic heterocycles. The molecule has 0 radical (unpaired) electrons. The topological polar surface area (TPSA) is 26.8 Å². The summed E-state index contributed by atoms with van der Waals surface area (Å²) in [7, 11) is 0. The molecule has 0 atom stereocenters. The Bertz CT molecular complexity index is 827. The van der Waals surface area contributed by atoms with Gasteiger partial charge in [-0.05, 0) is 81.6 Å². The van der Waals surface area contributed by atoms with Crippen molar-refractivity contribution in [2.75, 3.05) is 37.6 Å². The van der Waals surface area contributed by atoms with Crippen molar-refractivity contribution in [3.8, 4) is 0 Å². The van der Waals surface area contributed by atoms with Crippen molar-refractivity contribution < 1.29 is 9.18 Å². The normalized spacial score (nSPS) is 15.1. The smallest absolute Gasteiger partial charge is 0.253 e. The zero-order chi connectivity index (χ0) is 22.2. The van der Waals surface area contributed by atoms with Gasteiger partial charge < -0.3 is 14.7 Å². The van der Waals surface area contributed by atoms with Gasteiger partial charge in [0, 0.05) is 50.0 Å². The van der Waals surface area contributed by atoms with Crippen molar-refractivity contribution in [3.63, 3.8) is 0 Å². The number of piperidine rings is 1. The lowest BCUT2D eigenvalue weighted by molar-refractivity contribution is 0.0773. The highest BCUT2D eigenvalue weighted by Crippen LogP contribution is 2.27. The largest absolute Gasteiger partial charge is 0.364 e. The van der Waals surface area contributed by atoms with E-state index in [2.05, 4.69) is 28.9 Å². The van der Waals surface area contributed by atoms with Crippen LogP contribution in [0, 0.1) is 5.82 Å². The van der Waals surface area contributed by atoms with Gasteiger partial charge in [-0.1, -0.05) is 19.1 Å². The summed E-state index contributed by atoms with van der Waals surface area (Å²) >= 11 is 0. The van der Waals surface area contributed by atoms with Crippen molar-refractivity contribution in [1.29, 1.82) is 0 Å². The summed E-state index contributed by atoms with van der Waals surface area (Å²) < 4.78 is 13.8. The molecule has 0 bridgehead atoms. The van der Waals surface area contributed by atoms with Crippen LogP contribution < -0.4 is 4.90 Å². The Morgan fingerprint density at radius 3 is 2.29 bits per heavy atom. The van der Waals surface area contributed by atoms with Crippen molar-refractivity contribution >= 4 is 11.6 Å². The number of hydrogen-bond acceptors (Lipinski definition) is 3. The third-order valence-electron chi connectivity index (χ3n) is 6.28. The molecule has 4 nitrogen and oxygen atoms in total. The van der Waals surface area contributed by atoms with E-state index in [0.29, 0.717) is 25.7 Å². The molecule has 0 saturated carbocycles. The van der Waals surface area contributed by atoms with Crippen LogP contribution in [0.1, 0.15) is 56.0 Å². The minimum atomic E-state index is -0.199. The first kappa shape index (κ1) is 23.3. The second-order valence-corrected chi connectivity index (χ2v) is 8.35. The second kappa shape index (κ2) is 11.3. The average Bonchev–Trinajstić information content (AvgIpc) is 2.79. The molecule has 0 unspecified atom stereocenters. The summed E-state index contributed by atoms with van der Waals surface area (Å²) in [6.07, 6.45) is 3.37. The number of amides is 1. The van der Waals surface area contributed by atoms with Crippen LogP contribution in [0.15, 0.2) is 48.5 Å². The zero-order valence-electron chi connectivity index (χ0n) is 19.2. The lowest BCUT2D eigenvalue weighted by Gasteiger charge is -2.40. The average molecular weight is 426 g/mol. The molecule has 3 rings (SSSR count). The van der Waals surface area contributed by atoms with Gasteiger partial charge in [0.05, 0.1) is 0 Å². The molecular weight excluding hydrogens is 389 g/mol. The Kier molecular flexibility index (Phi) is 8.47. The van der Waals surface area contributed by atoms with E-state index in [4.69, 9.17) is 0 Å². The van der Waals surface area contributed by atoms with Gasteiger partial charge in [-0.3, -0.25) is 4.79 Å². The van der Waals surface area contributed by atoms with Gasteiger partial charge in [0.25, 0.3) is 5.91 Å². The first-order valence-corrected chi connectivity index (χ1v) is 11.7. The highest BCUT2D eigenvalue weighted by atomic mass is 19.1. The molecule has 1 aliphatic heterocycles. The highest BCUT2D eigenvalue weighted by Gasteiger charge is 2.25. The number of nitrogens with zero attached hydrogens (tertiary/aromatic N) is 3. The maximum atomic E-state index is 13.8. The van der Waals surface area contributed by atoms with E-state index in [1.165, 1.54) is 12.5 Å². The Hall–Kier alpha value is -2.40. The summed E-state index contributed by atoms with van der Waals surface area (Å²) in [6.45, 7) is 11.6. The molecule has 1 saturated heterocycles. The first-order valence-electron chi connectivity index (χ1n) is 11.7. The molecule has 2 aromatic rings. The van der Waals surface area contributed by atoms with Gasteiger partial charge in [-0.15, -0.1) is 0 Å². The maximum absolute atomic E-state index is 13.8. The third-order valence-corrected chi connectivity index (χ3v) is 6.28. The first-order chi connectivity index (χ1) is 15.0. The van der Waals surface area contributed by atoms with Crippen LogP contribution in [-0.4, -0.2) is 54.5 Å². The van der Waals surface area contributed by atoms with Crippen LogP contribution in [-0.2, 0) is 6.54 Å². The highest BCUT2D eigenvalue weighted by molar-refractivity contribution is 5.94. The molecule has 31 heavy (non-hydrogen) atoms. The molecule has 1 aliphatic rings. The minimum absolute atomic E-state index is 0.0705. The fraction of sp³-hybridized carbons (Fsp3) is 0.500. The van der Waals surface area contributed by atoms with Crippen LogP contribution in [0.25, 0.3) is 0 Å². The number of rotatable bonds is 9. The van der Waals surface area contributed by atoms with Crippen LogP contribution in [0.3, 0.4) is 0 Å². The van der Waals surface area contributed by atoms with E-state index >= 15 is 0 Å². The lowest BCUT2D eigenvalue weighted by atomic mass is 10.0. The summed E-state index contributed by atoms with van der Waals surface area (Å²) in [4.78, 5) is 19.4. The summed E-state index contributed by atoms with van der Waals surface area (Å²) in [5, 5.41) is 0. The monoisotopic (exact) mass is 425 g/mol. The van der Waals surface area contributed by atoms with Gasteiger partial charge in [0.2, 0.25) is 0 Å². The molecule has 168 valence electrons. The second-order valence-electron chi connectivity index (χ2n) is 8.35. The number of carbonyl (C=O) groups excluding carboxylic acids is 1. The van der Waals surface area contributed by atoms with E-state index in [1.807, 2.05) is 36.9 Å². The molecule has 0 spiro atoms. The third kappa shape index (κ3) is 6.07. The van der Waals surface area contributed by atoms with Crippen LogP contribution in [0.2, 0.25) is 0 Å². The fourth-order valence-electron chi connectivity index (χ4n) is 4.52. The lowest BCUT2D eigenvalue weighted by Crippen LogP contribution is -2.45. The predicted octanol–water partition coefficient (Wildman–Crippen LogP) is 5.19. The number of hydrogen-bond donors (Lipinski definition) is 0. The number of carbonyl (C=O) groups is 1. The van der Waals surface area contributed by atoms with Gasteiger partial charge in [0.15, 0.2) is 0 Å². The maximum Gasteiger partial charge on any atom is 0.253 e. The zero-order valence-corrected chi connectivity index (χ0v) is 19.2. The Morgan fingerprint density at radius 2 is 1.71 bits per heavy atom. The Morgan fingerprint density at radius 1 is 1.03 bits per heavy atom. The van der Waals surface area contributed by atoms with E-state index in [0.717, 1.165) is 49.3 Å². The van der Waals surface area contributed by atoms with Gasteiger partial charge in [0.1, 0.15) is 5.82 Å². The fourth-order valence-corrected chi connectivity index (χ4v) is 4.52. The molecule has 1 fully saturated rings. The van der Waals surface area contributed by atoms with E-state index in [1.54, 1.807) is 12.1 Å². The van der Waals surface area contributed by atoms with Crippen molar-refractivity contribution in [3.05, 3.63) is 65.5 Å². The van der Waals surface area contributed by atoms with E-state index in [-0.39, 0.29) is 11.7 Å². The molecule has 1 heterocycles. The Balaban J connectivity index is 1.81. The molecule has 0 aliphatic carbocycles. The SMILES string of the molecule is CCCN1CCC(N(Cc2cccc(F)c2)c2ccc(C(=O)N(CC)CC)cc2)CC1. The number of likely N-dealkylation sites (tertiary alicyclic amines) is 1. The quantitative estimate of drug-likeness (QED) is 0.553. The Labute approximate surface area is 186 Å². The molecule has 0 N–H and O–H groups in total. The van der Waals surface area contributed by atoms with Crippen LogP contribution in [0.4, 0.5) is 10.1 Å². The van der Waals surface area contributed by atoms with Crippen molar-refractivity contribution in [1.82, 2.24) is 9.80 Å². The summed E-state index contributed by atoms with van der Waals surface area (Å²) in [5.41, 5.74) is 2.78. The van der Waals surface area contributed by atoms with Gasteiger partial charge >= 0.3 is 0 Å². The van der Waals surface area contributed by atoms with Gasteiger partial charge in [-0.2, -0.15) is 0 Å². The molecule has 2 aromatic carbocycles. The van der Waals surface area contributed by atoms with Gasteiger partial charge in [-0.25, -0.2) is 4.39 Å². The van der Waals surface area contributed by atoms with Crippen LogP contribution >= 0.6 is 0 Å². The van der Waals surface area contributed by atoms with Crippen molar-refractivity contribution in [2.45, 2.75) is 52.6 Å². The van der Waals surface area contributed by atoms with Crippen LogP contribution in [0.5, 0.6) is 0 Å².